The molecule has 4 aliphatic rings. The molecule has 84 heavy (non-hydrogen) atoms. The highest BCUT2D eigenvalue weighted by Crippen LogP contribution is 2.25. The van der Waals surface area contributed by atoms with Crippen molar-refractivity contribution in [2.24, 2.45) is 0 Å². The number of methoxy groups -OCH3 is 1. The third kappa shape index (κ3) is 27.0. The van der Waals surface area contributed by atoms with E-state index in [1.807, 2.05) is 57.2 Å². The lowest BCUT2D eigenvalue weighted by Crippen LogP contribution is -2.38. The van der Waals surface area contributed by atoms with Crippen molar-refractivity contribution in [1.82, 2.24) is 19.6 Å². The lowest BCUT2D eigenvalue weighted by Gasteiger charge is -2.33. The summed E-state index contributed by atoms with van der Waals surface area (Å²) in [5.41, 5.74) is 3.78. The van der Waals surface area contributed by atoms with Gasteiger partial charge in [-0.2, -0.15) is 0 Å². The molecule has 4 aromatic carbocycles. The Kier molecular flexibility index (Phi) is 34.6. The van der Waals surface area contributed by atoms with Crippen LogP contribution < -0.4 is 18.9 Å². The van der Waals surface area contributed by atoms with Crippen LogP contribution in [0.2, 0.25) is 0 Å². The topological polar surface area (TPSA) is 102 Å². The molecule has 4 heterocycles. The van der Waals surface area contributed by atoms with E-state index >= 15 is 0 Å². The summed E-state index contributed by atoms with van der Waals surface area (Å²) in [6, 6.07) is 33.5. The number of piperidine rings is 4. The fourth-order valence-corrected chi connectivity index (χ4v) is 11.5. The highest BCUT2D eigenvalue weighted by atomic mass is 16.5. The number of Topliss-reactive ketones (excluding diaryl/α,β-unsaturated/α-hetero) is 1. The maximum atomic E-state index is 11.5. The number of ether oxygens (including phenoxy) is 6. The molecule has 0 spiro atoms. The van der Waals surface area contributed by atoms with Crippen molar-refractivity contribution in [1.29, 1.82) is 0 Å². The van der Waals surface area contributed by atoms with Crippen LogP contribution in [-0.4, -0.2) is 149 Å². The number of allylic oxidation sites excluding steroid dienone is 1. The molecular formula is C72H110N4O8. The number of hydrogen-bond acceptors (Lipinski definition) is 12. The average molecular weight is 1160 g/mol. The monoisotopic (exact) mass is 1160 g/mol. The van der Waals surface area contributed by atoms with Gasteiger partial charge in [0.2, 0.25) is 0 Å². The Morgan fingerprint density at radius 1 is 0.500 bits per heavy atom. The van der Waals surface area contributed by atoms with Crippen molar-refractivity contribution >= 4 is 17.8 Å². The van der Waals surface area contributed by atoms with Gasteiger partial charge in [0.1, 0.15) is 23.0 Å². The van der Waals surface area contributed by atoms with Gasteiger partial charge in [-0.25, -0.2) is 4.79 Å². The third-order valence-electron chi connectivity index (χ3n) is 16.7. The molecule has 0 amide bonds. The number of carbonyl (C=O) groups excluding carboxylic acids is 2. The predicted molar refractivity (Wildman–Crippen MR) is 346 cm³/mol. The largest absolute Gasteiger partial charge is 0.494 e. The Morgan fingerprint density at radius 2 is 0.893 bits per heavy atom. The van der Waals surface area contributed by atoms with E-state index in [9.17, 15) is 9.59 Å². The highest BCUT2D eigenvalue weighted by molar-refractivity contribution is 5.95. The number of rotatable bonds is 28. The van der Waals surface area contributed by atoms with Crippen LogP contribution in [0.5, 0.6) is 23.0 Å². The number of likely N-dealkylation sites (tertiary alicyclic amines) is 4. The minimum absolute atomic E-state index is 0.181. The molecule has 8 rings (SSSR count). The first kappa shape index (κ1) is 69.5. The molecule has 4 saturated heterocycles. The Balaban J connectivity index is 0.000000205. The van der Waals surface area contributed by atoms with Crippen LogP contribution >= 0.6 is 0 Å². The number of hydrogen-bond donors (Lipinski definition) is 0. The standard InChI is InChI=1S/C20H33NO2.C18H27NO2.C18H27NO.C16H23NO3/c1-4-20(22-5-2)18-10-12-19(13-11-18)23-16-8-15-21-14-7-6-9-17(21)3;1-3-18(20)16-8-10-17(11-9-16)21-14-6-13-19-12-5-4-7-15(19)2;1-3-7-17-9-11-18(12-10-17)20-15-6-14-19-13-5-4-8-16(19)2;1-19-16(18)14-6-8-15(9-7-14)20-13-5-12-17-10-3-2-4-11-17/h10-13,17,20H,4-9,14-16H2,1-3H3;8-11,15H,3-7,12-14H2,1-2H3;3,7,9-12,16H,4-6,8,13-15H2,1-2H3;6-9H,2-5,10-13H2,1H3. The Bertz CT molecular complexity index is 2360. The van der Waals surface area contributed by atoms with E-state index in [1.165, 1.54) is 128 Å². The molecule has 0 aromatic heterocycles. The first-order valence-corrected chi connectivity index (χ1v) is 32.8. The summed E-state index contributed by atoms with van der Waals surface area (Å²) in [4.78, 5) is 33.1. The van der Waals surface area contributed by atoms with Gasteiger partial charge in [-0.05, 0) is 235 Å². The number of ketones is 1. The van der Waals surface area contributed by atoms with E-state index in [0.717, 1.165) is 131 Å². The zero-order valence-electron chi connectivity index (χ0n) is 53.4. The van der Waals surface area contributed by atoms with Gasteiger partial charge in [0.15, 0.2) is 5.78 Å². The van der Waals surface area contributed by atoms with Gasteiger partial charge in [0.25, 0.3) is 0 Å². The summed E-state index contributed by atoms with van der Waals surface area (Å²) in [5, 5.41) is 0. The molecule has 466 valence electrons. The lowest BCUT2D eigenvalue weighted by atomic mass is 10.0. The van der Waals surface area contributed by atoms with Crippen LogP contribution in [0.25, 0.3) is 6.08 Å². The molecule has 4 unspecified atom stereocenters. The maximum absolute atomic E-state index is 11.5. The fraction of sp³-hybridized carbons (Fsp3) is 0.611. The van der Waals surface area contributed by atoms with Crippen LogP contribution in [0, 0.1) is 0 Å². The Labute approximate surface area is 508 Å². The summed E-state index contributed by atoms with van der Waals surface area (Å²) in [7, 11) is 1.38. The molecule has 4 fully saturated rings. The average Bonchev–Trinajstić information content (AvgIpc) is 3.59. The number of benzene rings is 4. The third-order valence-corrected chi connectivity index (χ3v) is 16.7. The Hall–Kier alpha value is -5.24. The van der Waals surface area contributed by atoms with Crippen molar-refractivity contribution in [3.8, 4) is 23.0 Å². The quantitative estimate of drug-likeness (QED) is 0.0307. The summed E-state index contributed by atoms with van der Waals surface area (Å²) < 4.78 is 33.6. The normalized spacial score (nSPS) is 19.1. The van der Waals surface area contributed by atoms with E-state index < -0.39 is 0 Å². The highest BCUT2D eigenvalue weighted by Gasteiger charge is 2.20. The van der Waals surface area contributed by atoms with Crippen molar-refractivity contribution < 1.29 is 38.0 Å². The fourth-order valence-electron chi connectivity index (χ4n) is 11.5. The van der Waals surface area contributed by atoms with E-state index in [-0.39, 0.29) is 17.9 Å². The molecule has 0 N–H and O–H groups in total. The number of esters is 1. The molecule has 4 aromatic rings. The molecule has 12 nitrogen and oxygen atoms in total. The van der Waals surface area contributed by atoms with Crippen LogP contribution in [0.3, 0.4) is 0 Å². The molecule has 0 radical (unpaired) electrons. The van der Waals surface area contributed by atoms with Gasteiger partial charge in [-0.15, -0.1) is 0 Å². The second kappa shape index (κ2) is 41.7. The van der Waals surface area contributed by atoms with Gasteiger partial charge in [-0.1, -0.05) is 75.9 Å². The second-order valence-electron chi connectivity index (χ2n) is 23.2. The van der Waals surface area contributed by atoms with Crippen LogP contribution in [0.4, 0.5) is 0 Å². The van der Waals surface area contributed by atoms with Gasteiger partial charge in [0.05, 0.1) is 45.2 Å². The molecule has 0 saturated carbocycles. The zero-order chi connectivity index (χ0) is 60.0. The van der Waals surface area contributed by atoms with Crippen molar-refractivity contribution in [3.05, 3.63) is 125 Å². The van der Waals surface area contributed by atoms with Crippen LogP contribution in [0.1, 0.15) is 202 Å². The molecular weight excluding hydrogens is 1050 g/mol. The molecule has 0 bridgehead atoms. The van der Waals surface area contributed by atoms with Gasteiger partial charge >= 0.3 is 5.97 Å². The van der Waals surface area contributed by atoms with E-state index in [1.54, 1.807) is 12.1 Å². The van der Waals surface area contributed by atoms with E-state index in [4.69, 9.17) is 23.7 Å². The predicted octanol–water partition coefficient (Wildman–Crippen LogP) is 15.8. The number of nitrogens with zero attached hydrogens (tertiary/aromatic N) is 4. The van der Waals surface area contributed by atoms with Crippen molar-refractivity contribution in [2.45, 2.75) is 188 Å². The minimum atomic E-state index is -0.318. The Morgan fingerprint density at radius 3 is 1.27 bits per heavy atom. The molecule has 12 heteroatoms. The van der Waals surface area contributed by atoms with Gasteiger partial charge in [-0.3, -0.25) is 4.79 Å². The first-order valence-electron chi connectivity index (χ1n) is 32.8. The van der Waals surface area contributed by atoms with Crippen molar-refractivity contribution in [3.63, 3.8) is 0 Å². The van der Waals surface area contributed by atoms with Gasteiger partial charge in [0, 0.05) is 62.9 Å². The van der Waals surface area contributed by atoms with E-state index in [0.29, 0.717) is 18.6 Å². The first-order chi connectivity index (χ1) is 41.0. The number of carbonyl (C=O) groups is 2. The minimum Gasteiger partial charge on any atom is -0.494 e. The SMILES string of the molecule is CC=Cc1ccc(OCCCN2CCCCC2C)cc1.CCC(=O)c1ccc(OCCCN2CCCCC2C)cc1.CCOC(CC)c1ccc(OCCCN2CCCCC2C)cc1.COC(=O)c1ccc(OCCCN2CCCCC2)cc1. The summed E-state index contributed by atoms with van der Waals surface area (Å²) in [5.74, 6) is 3.46. The van der Waals surface area contributed by atoms with Crippen molar-refractivity contribution in [2.75, 3.05) is 99.0 Å². The summed E-state index contributed by atoms with van der Waals surface area (Å²) in [6.07, 6.45) is 26.5. The van der Waals surface area contributed by atoms with E-state index in [2.05, 4.69) is 113 Å². The maximum Gasteiger partial charge on any atom is 0.337 e. The van der Waals surface area contributed by atoms with Gasteiger partial charge < -0.3 is 48.0 Å². The van der Waals surface area contributed by atoms with Crippen LogP contribution in [0.15, 0.2) is 103 Å². The smallest absolute Gasteiger partial charge is 0.337 e. The molecule has 0 aliphatic carbocycles. The second-order valence-corrected chi connectivity index (χ2v) is 23.2. The summed E-state index contributed by atoms with van der Waals surface area (Å²) >= 11 is 0. The lowest BCUT2D eigenvalue weighted by molar-refractivity contribution is 0.0596. The zero-order valence-corrected chi connectivity index (χ0v) is 53.4. The molecule has 4 atom stereocenters. The summed E-state index contributed by atoms with van der Waals surface area (Å²) in [6.45, 7) is 29.7. The molecule has 4 aliphatic heterocycles. The van der Waals surface area contributed by atoms with Crippen LogP contribution in [-0.2, 0) is 9.47 Å².